The lowest BCUT2D eigenvalue weighted by atomic mass is 10.1. The summed E-state index contributed by atoms with van der Waals surface area (Å²) in [4.78, 5) is 28.3. The van der Waals surface area contributed by atoms with Gasteiger partial charge in [0.15, 0.2) is 11.7 Å². The maximum Gasteiger partial charge on any atom is 0.336 e. The summed E-state index contributed by atoms with van der Waals surface area (Å²) in [5, 5.41) is 4.03. The van der Waals surface area contributed by atoms with Crippen molar-refractivity contribution in [2.24, 2.45) is 0 Å². The lowest BCUT2D eigenvalue weighted by molar-refractivity contribution is -0.118. The largest absolute Gasteiger partial charge is 0.484 e. The molecule has 0 aliphatic carbocycles. The summed E-state index contributed by atoms with van der Waals surface area (Å²) in [7, 11) is 0. The summed E-state index contributed by atoms with van der Waals surface area (Å²) in [5.74, 6) is 0.155. The molecule has 1 N–H and O–H groups in total. The van der Waals surface area contributed by atoms with E-state index in [1.54, 1.807) is 24.4 Å². The summed E-state index contributed by atoms with van der Waals surface area (Å²) in [6.07, 6.45) is 1.69. The Balaban J connectivity index is 1.69. The number of benzene rings is 1. The molecular weight excluding hydrogens is 316 g/mol. The van der Waals surface area contributed by atoms with Gasteiger partial charge in [-0.2, -0.15) is 0 Å². The SMILES string of the molecule is Cc1cnc(NC(=O)COc2ccc3c(C)cc(=O)oc3c2)s1. The van der Waals surface area contributed by atoms with E-state index >= 15 is 0 Å². The minimum atomic E-state index is -0.413. The van der Waals surface area contributed by atoms with E-state index in [1.807, 2.05) is 13.8 Å². The standard InChI is InChI=1S/C16H14N2O4S/c1-9-5-15(20)22-13-6-11(3-4-12(9)13)21-8-14(19)18-16-17-7-10(2)23-16/h3-7H,8H2,1-2H3,(H,17,18,19). The third-order valence-electron chi connectivity index (χ3n) is 3.16. The number of nitrogens with one attached hydrogen (secondary N) is 1. The lowest BCUT2D eigenvalue weighted by Gasteiger charge is -2.07. The second-order valence-corrected chi connectivity index (χ2v) is 6.25. The van der Waals surface area contributed by atoms with Crippen LogP contribution in [0.4, 0.5) is 5.13 Å². The number of thiazole rings is 1. The smallest absolute Gasteiger partial charge is 0.336 e. The summed E-state index contributed by atoms with van der Waals surface area (Å²) in [6.45, 7) is 3.60. The van der Waals surface area contributed by atoms with Crippen molar-refractivity contribution >= 4 is 33.3 Å². The Morgan fingerprint density at radius 2 is 2.17 bits per heavy atom. The van der Waals surface area contributed by atoms with Crippen molar-refractivity contribution in [2.75, 3.05) is 11.9 Å². The molecule has 0 atom stereocenters. The van der Waals surface area contributed by atoms with Gasteiger partial charge in [-0.15, -0.1) is 11.3 Å². The zero-order chi connectivity index (χ0) is 16.4. The van der Waals surface area contributed by atoms with E-state index in [9.17, 15) is 9.59 Å². The molecule has 0 saturated heterocycles. The van der Waals surface area contributed by atoms with E-state index in [0.717, 1.165) is 15.8 Å². The zero-order valence-electron chi connectivity index (χ0n) is 12.6. The number of nitrogens with zero attached hydrogens (tertiary/aromatic N) is 1. The molecule has 0 saturated carbocycles. The fourth-order valence-electron chi connectivity index (χ4n) is 2.11. The molecule has 118 valence electrons. The fourth-order valence-corrected chi connectivity index (χ4v) is 2.79. The van der Waals surface area contributed by atoms with E-state index in [4.69, 9.17) is 9.15 Å². The van der Waals surface area contributed by atoms with Gasteiger partial charge in [-0.05, 0) is 31.5 Å². The summed E-state index contributed by atoms with van der Waals surface area (Å²) < 4.78 is 10.6. The Labute approximate surface area is 135 Å². The van der Waals surface area contributed by atoms with Crippen LogP contribution < -0.4 is 15.7 Å². The topological polar surface area (TPSA) is 81.4 Å². The van der Waals surface area contributed by atoms with Gasteiger partial charge in [0.2, 0.25) is 0 Å². The molecular formula is C16H14N2O4S. The molecule has 3 rings (SSSR count). The van der Waals surface area contributed by atoms with Crippen LogP contribution in [0.2, 0.25) is 0 Å². The molecule has 0 spiro atoms. The number of fused-ring (bicyclic) bond motifs is 1. The predicted molar refractivity (Wildman–Crippen MR) is 88.2 cm³/mol. The number of aryl methyl sites for hydroxylation is 2. The molecule has 23 heavy (non-hydrogen) atoms. The number of carbonyl (C=O) groups excluding carboxylic acids is 1. The van der Waals surface area contributed by atoms with E-state index in [-0.39, 0.29) is 12.5 Å². The number of ether oxygens (including phenoxy) is 1. The van der Waals surface area contributed by atoms with Gasteiger partial charge in [0.25, 0.3) is 5.91 Å². The molecule has 3 aromatic rings. The second kappa shape index (κ2) is 6.21. The van der Waals surface area contributed by atoms with Gasteiger partial charge in [-0.1, -0.05) is 0 Å². The van der Waals surface area contributed by atoms with Crippen molar-refractivity contribution in [3.8, 4) is 5.75 Å². The summed E-state index contributed by atoms with van der Waals surface area (Å²) >= 11 is 1.39. The van der Waals surface area contributed by atoms with E-state index in [1.165, 1.54) is 17.4 Å². The van der Waals surface area contributed by atoms with E-state index in [0.29, 0.717) is 16.5 Å². The monoisotopic (exact) mass is 330 g/mol. The first kappa shape index (κ1) is 15.2. The number of hydrogen-bond acceptors (Lipinski definition) is 6. The zero-order valence-corrected chi connectivity index (χ0v) is 13.4. The van der Waals surface area contributed by atoms with Gasteiger partial charge >= 0.3 is 5.63 Å². The minimum absolute atomic E-state index is 0.153. The summed E-state index contributed by atoms with van der Waals surface area (Å²) in [6, 6.07) is 6.57. The van der Waals surface area contributed by atoms with Gasteiger partial charge in [0.1, 0.15) is 11.3 Å². The first-order chi connectivity index (χ1) is 11.0. The number of aromatic nitrogens is 1. The molecule has 1 amide bonds. The molecule has 0 radical (unpaired) electrons. The van der Waals surface area contributed by atoms with Crippen LogP contribution in [0, 0.1) is 13.8 Å². The van der Waals surface area contributed by atoms with Crippen molar-refractivity contribution in [3.05, 3.63) is 51.3 Å². The van der Waals surface area contributed by atoms with Crippen LogP contribution in [0.15, 0.2) is 39.7 Å². The normalized spacial score (nSPS) is 10.7. The third kappa shape index (κ3) is 3.57. The lowest BCUT2D eigenvalue weighted by Crippen LogP contribution is -2.20. The van der Waals surface area contributed by atoms with Crippen molar-refractivity contribution in [2.45, 2.75) is 13.8 Å². The van der Waals surface area contributed by atoms with Crippen molar-refractivity contribution in [3.63, 3.8) is 0 Å². The predicted octanol–water partition coefficient (Wildman–Crippen LogP) is 2.88. The molecule has 1 aromatic carbocycles. The Kier molecular flexibility index (Phi) is 4.12. The van der Waals surface area contributed by atoms with Crippen molar-refractivity contribution in [1.29, 1.82) is 0 Å². The summed E-state index contributed by atoms with van der Waals surface area (Å²) in [5.41, 5.74) is 0.854. The highest BCUT2D eigenvalue weighted by Gasteiger charge is 2.08. The average Bonchev–Trinajstić information content (AvgIpc) is 2.89. The molecule has 2 aromatic heterocycles. The Bertz CT molecular complexity index is 929. The van der Waals surface area contributed by atoms with Crippen LogP contribution in [0.1, 0.15) is 10.4 Å². The molecule has 0 fully saturated rings. The van der Waals surface area contributed by atoms with Gasteiger partial charge in [0, 0.05) is 28.6 Å². The Hall–Kier alpha value is -2.67. The Morgan fingerprint density at radius 1 is 1.35 bits per heavy atom. The molecule has 0 bridgehead atoms. The van der Waals surface area contributed by atoms with E-state index in [2.05, 4.69) is 10.3 Å². The quantitative estimate of drug-likeness (QED) is 0.744. The maximum absolute atomic E-state index is 11.8. The molecule has 7 heteroatoms. The van der Waals surface area contributed by atoms with E-state index < -0.39 is 5.63 Å². The van der Waals surface area contributed by atoms with Crippen LogP contribution in [-0.4, -0.2) is 17.5 Å². The number of carbonyl (C=O) groups is 1. The third-order valence-corrected chi connectivity index (χ3v) is 3.99. The van der Waals surface area contributed by atoms with Gasteiger partial charge < -0.3 is 9.15 Å². The van der Waals surface area contributed by atoms with Gasteiger partial charge in [0.05, 0.1) is 0 Å². The van der Waals surface area contributed by atoms with Crippen LogP contribution in [0.5, 0.6) is 5.75 Å². The van der Waals surface area contributed by atoms with Crippen LogP contribution in [0.25, 0.3) is 11.0 Å². The van der Waals surface area contributed by atoms with Gasteiger partial charge in [-0.3, -0.25) is 10.1 Å². The average molecular weight is 330 g/mol. The highest BCUT2D eigenvalue weighted by atomic mass is 32.1. The maximum atomic E-state index is 11.8. The van der Waals surface area contributed by atoms with Crippen LogP contribution in [-0.2, 0) is 4.79 Å². The molecule has 0 unspecified atom stereocenters. The van der Waals surface area contributed by atoms with Crippen LogP contribution in [0.3, 0.4) is 0 Å². The van der Waals surface area contributed by atoms with Crippen molar-refractivity contribution in [1.82, 2.24) is 4.98 Å². The highest BCUT2D eigenvalue weighted by Crippen LogP contribution is 2.22. The fraction of sp³-hybridized carbons (Fsp3) is 0.188. The highest BCUT2D eigenvalue weighted by molar-refractivity contribution is 7.15. The molecule has 2 heterocycles. The second-order valence-electron chi connectivity index (χ2n) is 5.02. The first-order valence-corrected chi connectivity index (χ1v) is 7.72. The first-order valence-electron chi connectivity index (χ1n) is 6.91. The van der Waals surface area contributed by atoms with Crippen molar-refractivity contribution < 1.29 is 13.9 Å². The Morgan fingerprint density at radius 3 is 2.91 bits per heavy atom. The molecule has 6 nitrogen and oxygen atoms in total. The number of anilines is 1. The van der Waals surface area contributed by atoms with Crippen LogP contribution >= 0.6 is 11.3 Å². The molecule has 0 aliphatic heterocycles. The molecule has 0 aliphatic rings. The van der Waals surface area contributed by atoms with Gasteiger partial charge in [-0.25, -0.2) is 9.78 Å². The number of hydrogen-bond donors (Lipinski definition) is 1. The number of amides is 1. The number of rotatable bonds is 4. The minimum Gasteiger partial charge on any atom is -0.484 e.